The molecule has 3 N–H and O–H groups in total. The second-order valence-corrected chi connectivity index (χ2v) is 5.18. The zero-order chi connectivity index (χ0) is 14.4. The highest BCUT2D eigenvalue weighted by molar-refractivity contribution is 9.10. The predicted molar refractivity (Wildman–Crippen MR) is 80.0 cm³/mol. The Hall–Kier alpha value is -1.33. The first kappa shape index (κ1) is 15.7. The van der Waals surface area contributed by atoms with Gasteiger partial charge in [-0.2, -0.15) is 0 Å². The van der Waals surface area contributed by atoms with E-state index in [2.05, 4.69) is 27.8 Å². The zero-order valence-corrected chi connectivity index (χ0v) is 12.7. The number of nitrogens with one attached hydrogen (secondary N) is 1. The highest BCUT2D eigenvalue weighted by Gasteiger charge is 2.17. The lowest BCUT2D eigenvalue weighted by atomic mass is 10.1. The van der Waals surface area contributed by atoms with E-state index in [1.165, 1.54) is 0 Å². The number of nitrogens with two attached hydrogens (primary N) is 1. The van der Waals surface area contributed by atoms with E-state index >= 15 is 0 Å². The van der Waals surface area contributed by atoms with Crippen molar-refractivity contribution in [3.05, 3.63) is 40.9 Å². The van der Waals surface area contributed by atoms with Crippen LogP contribution in [0.3, 0.4) is 0 Å². The molecule has 0 bridgehead atoms. The van der Waals surface area contributed by atoms with Gasteiger partial charge in [-0.3, -0.25) is 4.79 Å². The van der Waals surface area contributed by atoms with Crippen molar-refractivity contribution in [1.29, 1.82) is 0 Å². The molecule has 0 radical (unpaired) electrons. The second kappa shape index (κ2) is 7.31. The number of hydrogen-bond donors (Lipinski definition) is 2. The molecule has 0 heterocycles. The Morgan fingerprint density at radius 3 is 2.84 bits per heavy atom. The molecule has 2 atom stereocenters. The number of halogens is 1. The zero-order valence-electron chi connectivity index (χ0n) is 11.2. The highest BCUT2D eigenvalue weighted by Crippen LogP contribution is 2.28. The topological polar surface area (TPSA) is 64.3 Å². The van der Waals surface area contributed by atoms with Crippen LogP contribution in [0.5, 0.6) is 5.75 Å². The summed E-state index contributed by atoms with van der Waals surface area (Å²) in [5.41, 5.74) is 6.76. The largest absolute Gasteiger partial charge is 0.481 e. The van der Waals surface area contributed by atoms with Crippen LogP contribution in [0.1, 0.15) is 25.5 Å². The first-order valence-corrected chi connectivity index (χ1v) is 6.85. The first-order valence-electron chi connectivity index (χ1n) is 6.06. The maximum atomic E-state index is 11.7. The Balaban J connectivity index is 2.81. The molecule has 0 aromatic heterocycles. The van der Waals surface area contributed by atoms with E-state index in [1.54, 1.807) is 19.1 Å². The van der Waals surface area contributed by atoms with E-state index in [9.17, 15) is 4.79 Å². The Labute approximate surface area is 122 Å². The van der Waals surface area contributed by atoms with Gasteiger partial charge in [0.2, 0.25) is 0 Å². The van der Waals surface area contributed by atoms with Crippen LogP contribution in [0.4, 0.5) is 0 Å². The monoisotopic (exact) mass is 326 g/mol. The molecule has 0 fully saturated rings. The lowest BCUT2D eigenvalue weighted by Gasteiger charge is -2.18. The van der Waals surface area contributed by atoms with Gasteiger partial charge < -0.3 is 15.8 Å². The van der Waals surface area contributed by atoms with Gasteiger partial charge in [-0.25, -0.2) is 0 Å². The van der Waals surface area contributed by atoms with E-state index < -0.39 is 6.10 Å². The van der Waals surface area contributed by atoms with Crippen LogP contribution in [0.15, 0.2) is 35.3 Å². The van der Waals surface area contributed by atoms with Gasteiger partial charge in [0.05, 0.1) is 0 Å². The molecule has 1 aromatic carbocycles. The number of ether oxygens (including phenoxy) is 1. The number of benzene rings is 1. The van der Waals surface area contributed by atoms with Crippen LogP contribution in [0.2, 0.25) is 0 Å². The third-order valence-electron chi connectivity index (χ3n) is 2.56. The fraction of sp³-hybridized carbons (Fsp3) is 0.357. The maximum absolute atomic E-state index is 11.7. The summed E-state index contributed by atoms with van der Waals surface area (Å²) < 4.78 is 6.60. The number of carbonyl (C=O) groups is 1. The Morgan fingerprint density at radius 2 is 2.26 bits per heavy atom. The van der Waals surface area contributed by atoms with Crippen molar-refractivity contribution in [1.82, 2.24) is 5.32 Å². The summed E-state index contributed by atoms with van der Waals surface area (Å²) >= 11 is 3.39. The number of carbonyl (C=O) groups excluding carboxylic acids is 1. The third-order valence-corrected chi connectivity index (χ3v) is 3.05. The fourth-order valence-electron chi connectivity index (χ4n) is 1.54. The molecular formula is C14H19BrN2O2. The smallest absolute Gasteiger partial charge is 0.261 e. The minimum absolute atomic E-state index is 0.170. The van der Waals surface area contributed by atoms with Crippen LogP contribution in [-0.4, -0.2) is 18.6 Å². The summed E-state index contributed by atoms with van der Waals surface area (Å²) in [6.07, 6.45) is 1.04. The van der Waals surface area contributed by atoms with Crippen LogP contribution in [-0.2, 0) is 4.79 Å². The maximum Gasteiger partial charge on any atom is 0.261 e. The average Bonchev–Trinajstić information content (AvgIpc) is 2.37. The molecule has 1 aromatic rings. The van der Waals surface area contributed by atoms with Gasteiger partial charge in [-0.1, -0.05) is 22.0 Å². The summed E-state index contributed by atoms with van der Waals surface area (Å²) in [7, 11) is 0. The number of rotatable bonds is 6. The number of amides is 1. The first-order chi connectivity index (χ1) is 8.95. The SMILES string of the molecule is C=CCNC(=O)C(C)Oc1ccc(Br)cc1[C@H](C)N. The Kier molecular flexibility index (Phi) is 6.05. The van der Waals surface area contributed by atoms with Crippen LogP contribution >= 0.6 is 15.9 Å². The van der Waals surface area contributed by atoms with E-state index in [-0.39, 0.29) is 11.9 Å². The summed E-state index contributed by atoms with van der Waals surface area (Å²) in [5.74, 6) is 0.442. The van der Waals surface area contributed by atoms with Crippen molar-refractivity contribution in [3.8, 4) is 5.75 Å². The molecular weight excluding hydrogens is 308 g/mol. The Morgan fingerprint density at radius 1 is 1.58 bits per heavy atom. The standard InChI is InChI=1S/C14H19BrN2O2/c1-4-7-17-14(18)10(3)19-13-6-5-11(15)8-12(13)9(2)16/h4-6,8-10H,1,7,16H2,2-3H3,(H,17,18)/t9-,10?/m0/s1. The minimum atomic E-state index is -0.585. The molecule has 0 spiro atoms. The Bertz CT molecular complexity index is 461. The van der Waals surface area contributed by atoms with E-state index in [0.717, 1.165) is 10.0 Å². The van der Waals surface area contributed by atoms with Crippen LogP contribution in [0.25, 0.3) is 0 Å². The van der Waals surface area contributed by atoms with Gasteiger partial charge in [-0.15, -0.1) is 6.58 Å². The quantitative estimate of drug-likeness (QED) is 0.789. The average molecular weight is 327 g/mol. The van der Waals surface area contributed by atoms with E-state index in [0.29, 0.717) is 12.3 Å². The highest BCUT2D eigenvalue weighted by atomic mass is 79.9. The molecule has 0 aliphatic carbocycles. The van der Waals surface area contributed by atoms with Crippen molar-refractivity contribution in [3.63, 3.8) is 0 Å². The molecule has 19 heavy (non-hydrogen) atoms. The molecule has 1 rings (SSSR count). The van der Waals surface area contributed by atoms with Crippen LogP contribution in [0, 0.1) is 0 Å². The van der Waals surface area contributed by atoms with Gasteiger partial charge in [0, 0.05) is 22.6 Å². The second-order valence-electron chi connectivity index (χ2n) is 4.26. The third kappa shape index (κ3) is 4.69. The molecule has 1 amide bonds. The van der Waals surface area contributed by atoms with Gasteiger partial charge in [0.25, 0.3) is 5.91 Å². The number of hydrogen-bond acceptors (Lipinski definition) is 3. The molecule has 1 unspecified atom stereocenters. The minimum Gasteiger partial charge on any atom is -0.481 e. The summed E-state index contributed by atoms with van der Waals surface area (Å²) in [6.45, 7) is 7.54. The van der Waals surface area contributed by atoms with Crippen LogP contribution < -0.4 is 15.8 Å². The van der Waals surface area contributed by atoms with Crippen molar-refractivity contribution in [2.45, 2.75) is 26.0 Å². The molecule has 0 saturated heterocycles. The van der Waals surface area contributed by atoms with Gasteiger partial charge in [-0.05, 0) is 32.0 Å². The molecule has 0 aliphatic rings. The van der Waals surface area contributed by atoms with E-state index in [4.69, 9.17) is 10.5 Å². The lowest BCUT2D eigenvalue weighted by Crippen LogP contribution is -2.36. The molecule has 4 nitrogen and oxygen atoms in total. The normalized spacial score (nSPS) is 13.5. The molecule has 0 saturated carbocycles. The molecule has 0 aliphatic heterocycles. The summed E-state index contributed by atoms with van der Waals surface area (Å²) in [4.78, 5) is 11.7. The summed E-state index contributed by atoms with van der Waals surface area (Å²) in [5, 5.41) is 2.69. The lowest BCUT2D eigenvalue weighted by molar-refractivity contribution is -0.127. The predicted octanol–water partition coefficient (Wildman–Crippen LogP) is 2.54. The van der Waals surface area contributed by atoms with Crippen molar-refractivity contribution < 1.29 is 9.53 Å². The van der Waals surface area contributed by atoms with Crippen molar-refractivity contribution >= 4 is 21.8 Å². The molecule has 5 heteroatoms. The van der Waals surface area contributed by atoms with Gasteiger partial charge in [0.1, 0.15) is 5.75 Å². The van der Waals surface area contributed by atoms with Crippen molar-refractivity contribution in [2.75, 3.05) is 6.54 Å². The van der Waals surface area contributed by atoms with Crippen molar-refractivity contribution in [2.24, 2.45) is 5.73 Å². The molecule has 104 valence electrons. The van der Waals surface area contributed by atoms with Gasteiger partial charge >= 0.3 is 0 Å². The summed E-state index contributed by atoms with van der Waals surface area (Å²) in [6, 6.07) is 5.39. The van der Waals surface area contributed by atoms with E-state index in [1.807, 2.05) is 19.1 Å². The van der Waals surface area contributed by atoms with Gasteiger partial charge in [0.15, 0.2) is 6.10 Å². The fourth-order valence-corrected chi connectivity index (χ4v) is 1.92.